The lowest BCUT2D eigenvalue weighted by Crippen LogP contribution is -2.14. The molecule has 0 fully saturated rings. The maximum atomic E-state index is 13.6. The Hall–Kier alpha value is -0.890. The minimum absolute atomic E-state index is 0.0859. The first kappa shape index (κ1) is 16.5. The molecule has 0 saturated carbocycles. The van der Waals surface area contributed by atoms with Crippen LogP contribution in [0.15, 0.2) is 39.7 Å². The van der Waals surface area contributed by atoms with Gasteiger partial charge >= 0.3 is 0 Å². The van der Waals surface area contributed by atoms with Crippen molar-refractivity contribution in [1.29, 1.82) is 0 Å². The topological polar surface area (TPSA) is 46.2 Å². The molecule has 2 rings (SSSR count). The van der Waals surface area contributed by atoms with Crippen molar-refractivity contribution in [2.75, 3.05) is 4.72 Å². The third-order valence-electron chi connectivity index (χ3n) is 2.46. The molecule has 3 nitrogen and oxygen atoms in total. The molecule has 0 aliphatic heterocycles. The quantitative estimate of drug-likeness (QED) is 0.728. The Labute approximate surface area is 138 Å². The summed E-state index contributed by atoms with van der Waals surface area (Å²) in [6.07, 6.45) is 0. The van der Waals surface area contributed by atoms with Crippen LogP contribution < -0.4 is 4.72 Å². The highest BCUT2D eigenvalue weighted by molar-refractivity contribution is 9.10. The van der Waals surface area contributed by atoms with Gasteiger partial charge in [-0.1, -0.05) is 23.2 Å². The average Bonchev–Trinajstić information content (AvgIpc) is 2.39. The van der Waals surface area contributed by atoms with E-state index in [1.54, 1.807) is 0 Å². The number of sulfonamides is 1. The van der Waals surface area contributed by atoms with E-state index in [4.69, 9.17) is 23.2 Å². The van der Waals surface area contributed by atoms with Crippen LogP contribution in [-0.4, -0.2) is 8.42 Å². The fourth-order valence-electron chi connectivity index (χ4n) is 1.49. The Kier molecular flexibility index (Phi) is 4.77. The average molecular weight is 417 g/mol. The van der Waals surface area contributed by atoms with Crippen LogP contribution in [0.1, 0.15) is 0 Å². The van der Waals surface area contributed by atoms with Crippen molar-refractivity contribution in [3.63, 3.8) is 0 Å². The van der Waals surface area contributed by atoms with Gasteiger partial charge in [0.15, 0.2) is 5.82 Å². The summed E-state index contributed by atoms with van der Waals surface area (Å²) in [4.78, 5) is -0.470. The second-order valence-electron chi connectivity index (χ2n) is 3.90. The van der Waals surface area contributed by atoms with Crippen LogP contribution in [-0.2, 0) is 10.0 Å². The summed E-state index contributed by atoms with van der Waals surface area (Å²) in [5.74, 6) is -1.57. The molecular formula is C12H6BrCl2F2NO2S. The van der Waals surface area contributed by atoms with Gasteiger partial charge in [0.05, 0.1) is 15.7 Å². The van der Waals surface area contributed by atoms with Crippen LogP contribution in [0.25, 0.3) is 0 Å². The molecule has 0 heterocycles. The number of hydrogen-bond acceptors (Lipinski definition) is 2. The molecule has 0 atom stereocenters. The number of hydrogen-bond donors (Lipinski definition) is 1. The van der Waals surface area contributed by atoms with E-state index in [-0.39, 0.29) is 15.2 Å². The van der Waals surface area contributed by atoms with Gasteiger partial charge in [0.2, 0.25) is 0 Å². The van der Waals surface area contributed by atoms with E-state index in [1.807, 2.05) is 0 Å². The summed E-state index contributed by atoms with van der Waals surface area (Å²) in [5.41, 5.74) is 0.0859. The summed E-state index contributed by atoms with van der Waals surface area (Å²) in [6.45, 7) is 0. The number of rotatable bonds is 3. The zero-order chi connectivity index (χ0) is 15.8. The monoisotopic (exact) mass is 415 g/mol. The number of nitrogens with one attached hydrogen (secondary N) is 1. The van der Waals surface area contributed by atoms with Crippen LogP contribution in [0.5, 0.6) is 0 Å². The summed E-state index contributed by atoms with van der Waals surface area (Å²) in [6, 6.07) is 5.54. The van der Waals surface area contributed by atoms with E-state index >= 15 is 0 Å². The molecule has 2 aromatic rings. The van der Waals surface area contributed by atoms with Gasteiger partial charge in [-0.15, -0.1) is 0 Å². The minimum atomic E-state index is -4.15. The molecule has 0 unspecified atom stereocenters. The predicted octanol–water partition coefficient (Wildman–Crippen LogP) is 4.83. The summed E-state index contributed by atoms with van der Waals surface area (Å²) >= 11 is 14.2. The Balaban J connectivity index is 2.46. The fourth-order valence-corrected chi connectivity index (χ4v) is 3.89. The van der Waals surface area contributed by atoms with Gasteiger partial charge in [-0.2, -0.15) is 0 Å². The molecule has 0 amide bonds. The molecule has 9 heteroatoms. The Bertz CT molecular complexity index is 815. The maximum absolute atomic E-state index is 13.6. The van der Waals surface area contributed by atoms with Gasteiger partial charge in [-0.3, -0.25) is 4.72 Å². The number of benzene rings is 2. The molecule has 0 spiro atoms. The smallest absolute Gasteiger partial charge is 0.263 e. The standard InChI is InChI=1S/C12H6BrCl2F2NO2S/c13-7-5-6(16)1-3-9(7)18-21(19,20)10-4-2-8(14)12(17)11(10)15/h1-5,18H. The molecule has 0 aliphatic carbocycles. The van der Waals surface area contributed by atoms with Crippen molar-refractivity contribution < 1.29 is 17.2 Å². The molecule has 21 heavy (non-hydrogen) atoms. The first-order valence-corrected chi connectivity index (χ1v) is 8.37. The largest absolute Gasteiger partial charge is 0.278 e. The normalized spacial score (nSPS) is 11.5. The Morgan fingerprint density at radius 2 is 1.76 bits per heavy atom. The molecule has 2 aromatic carbocycles. The molecule has 0 radical (unpaired) electrons. The Morgan fingerprint density at radius 1 is 1.10 bits per heavy atom. The molecule has 112 valence electrons. The molecule has 0 aromatic heterocycles. The Morgan fingerprint density at radius 3 is 2.38 bits per heavy atom. The fraction of sp³-hybridized carbons (Fsp3) is 0. The van der Waals surface area contributed by atoms with E-state index in [0.717, 1.165) is 24.3 Å². The highest BCUT2D eigenvalue weighted by Crippen LogP contribution is 2.32. The third kappa shape index (κ3) is 3.48. The zero-order valence-electron chi connectivity index (χ0n) is 10.0. The van der Waals surface area contributed by atoms with Gasteiger partial charge in [-0.25, -0.2) is 17.2 Å². The maximum Gasteiger partial charge on any atom is 0.263 e. The van der Waals surface area contributed by atoms with Crippen LogP contribution in [0.2, 0.25) is 10.0 Å². The van der Waals surface area contributed by atoms with Crippen LogP contribution in [0.4, 0.5) is 14.5 Å². The first-order valence-electron chi connectivity index (χ1n) is 5.34. The van der Waals surface area contributed by atoms with E-state index in [1.165, 1.54) is 6.07 Å². The van der Waals surface area contributed by atoms with E-state index in [2.05, 4.69) is 20.7 Å². The predicted molar refractivity (Wildman–Crippen MR) is 81.3 cm³/mol. The summed E-state index contributed by atoms with van der Waals surface area (Å²) in [5, 5.41) is -0.907. The molecule has 0 saturated heterocycles. The van der Waals surface area contributed by atoms with Crippen LogP contribution in [0, 0.1) is 11.6 Å². The van der Waals surface area contributed by atoms with Crippen LogP contribution >= 0.6 is 39.1 Å². The summed E-state index contributed by atoms with van der Waals surface area (Å²) in [7, 11) is -4.15. The lowest BCUT2D eigenvalue weighted by Gasteiger charge is -2.11. The van der Waals surface area contributed by atoms with Gasteiger partial charge in [-0.05, 0) is 46.3 Å². The van der Waals surface area contributed by atoms with Crippen LogP contribution in [0.3, 0.4) is 0 Å². The van der Waals surface area contributed by atoms with E-state index in [9.17, 15) is 17.2 Å². The van der Waals surface area contributed by atoms with Crippen molar-refractivity contribution in [2.45, 2.75) is 4.90 Å². The number of halogens is 5. The number of anilines is 1. The lowest BCUT2D eigenvalue weighted by molar-refractivity contribution is 0.595. The highest BCUT2D eigenvalue weighted by atomic mass is 79.9. The van der Waals surface area contributed by atoms with Crippen molar-refractivity contribution >= 4 is 54.8 Å². The SMILES string of the molecule is O=S(=O)(Nc1ccc(F)cc1Br)c1ccc(Cl)c(F)c1Cl. The van der Waals surface area contributed by atoms with Gasteiger partial charge < -0.3 is 0 Å². The van der Waals surface area contributed by atoms with Gasteiger partial charge in [0.1, 0.15) is 10.7 Å². The van der Waals surface area contributed by atoms with Crippen molar-refractivity contribution in [3.8, 4) is 0 Å². The van der Waals surface area contributed by atoms with Gasteiger partial charge in [0.25, 0.3) is 10.0 Å². The molecule has 0 bridgehead atoms. The van der Waals surface area contributed by atoms with Crippen molar-refractivity contribution in [2.24, 2.45) is 0 Å². The molecule has 0 aliphatic rings. The second kappa shape index (κ2) is 6.08. The van der Waals surface area contributed by atoms with E-state index in [0.29, 0.717) is 0 Å². The molecular weight excluding hydrogens is 411 g/mol. The van der Waals surface area contributed by atoms with Gasteiger partial charge in [0, 0.05) is 4.47 Å². The highest BCUT2D eigenvalue weighted by Gasteiger charge is 2.22. The summed E-state index contributed by atoms with van der Waals surface area (Å²) < 4.78 is 53.3. The first-order chi connectivity index (χ1) is 9.72. The lowest BCUT2D eigenvalue weighted by atomic mass is 10.3. The van der Waals surface area contributed by atoms with Crippen molar-refractivity contribution in [3.05, 3.63) is 56.5 Å². The zero-order valence-corrected chi connectivity index (χ0v) is 13.9. The van der Waals surface area contributed by atoms with E-state index < -0.39 is 31.6 Å². The third-order valence-corrected chi connectivity index (χ3v) is 5.30. The van der Waals surface area contributed by atoms with Crippen molar-refractivity contribution in [1.82, 2.24) is 0 Å². The molecule has 1 N–H and O–H groups in total. The second-order valence-corrected chi connectivity index (χ2v) is 7.19. The minimum Gasteiger partial charge on any atom is -0.278 e.